The fourth-order valence-electron chi connectivity index (χ4n) is 2.78. The first-order valence-corrected chi connectivity index (χ1v) is 10.2. The molecule has 0 aliphatic carbocycles. The fourth-order valence-corrected chi connectivity index (χ4v) is 3.67. The van der Waals surface area contributed by atoms with E-state index in [0.29, 0.717) is 22.7 Å². The van der Waals surface area contributed by atoms with Crippen LogP contribution in [-0.2, 0) is 17.1 Å². The van der Waals surface area contributed by atoms with E-state index in [9.17, 15) is 18.8 Å². The van der Waals surface area contributed by atoms with Crippen LogP contribution in [-0.4, -0.2) is 23.5 Å². The molecule has 7 nitrogen and oxygen atoms in total. The summed E-state index contributed by atoms with van der Waals surface area (Å²) in [7, 11) is 1.38. The molecule has 0 spiro atoms. The zero-order valence-corrected chi connectivity index (χ0v) is 17.4. The molecule has 0 saturated carbocycles. The van der Waals surface area contributed by atoms with E-state index in [0.717, 1.165) is 4.90 Å². The number of aromatic nitrogens is 1. The van der Waals surface area contributed by atoms with Gasteiger partial charge < -0.3 is 20.4 Å². The minimum atomic E-state index is -0.554. The second-order valence-electron chi connectivity index (χ2n) is 6.56. The number of rotatable bonds is 8. The molecule has 9 heteroatoms. The molecule has 0 fully saturated rings. The molecule has 3 N–H and O–H groups in total. The van der Waals surface area contributed by atoms with Gasteiger partial charge in [-0.2, -0.15) is 0 Å². The highest BCUT2D eigenvalue weighted by Gasteiger charge is 2.12. The first kappa shape index (κ1) is 22.1. The van der Waals surface area contributed by atoms with E-state index in [1.165, 1.54) is 55.4 Å². The van der Waals surface area contributed by atoms with Gasteiger partial charge in [0, 0.05) is 33.7 Å². The third kappa shape index (κ3) is 5.95. The number of hydrogen-bond donors (Lipinski definition) is 2. The van der Waals surface area contributed by atoms with Gasteiger partial charge in [0.15, 0.2) is 5.75 Å². The summed E-state index contributed by atoms with van der Waals surface area (Å²) in [6.45, 7) is -0.0620. The van der Waals surface area contributed by atoms with Crippen LogP contribution in [0, 0.1) is 5.82 Å². The largest absolute Gasteiger partial charge is 0.491 e. The number of nitrogens with zero attached hydrogens (tertiary/aromatic N) is 1. The van der Waals surface area contributed by atoms with E-state index in [1.54, 1.807) is 28.8 Å². The maximum atomic E-state index is 13.1. The van der Waals surface area contributed by atoms with Crippen molar-refractivity contribution in [1.82, 2.24) is 4.57 Å². The Morgan fingerprint density at radius 2 is 1.81 bits per heavy atom. The second-order valence-corrected chi connectivity index (χ2v) is 7.61. The summed E-state index contributed by atoms with van der Waals surface area (Å²) < 4.78 is 19.8. The van der Waals surface area contributed by atoms with Gasteiger partial charge in [0.1, 0.15) is 12.4 Å². The van der Waals surface area contributed by atoms with Crippen LogP contribution in [0.25, 0.3) is 0 Å². The minimum Gasteiger partial charge on any atom is -0.491 e. The number of nitrogens with two attached hydrogens (primary N) is 1. The number of anilines is 1. The van der Waals surface area contributed by atoms with Crippen LogP contribution in [0.3, 0.4) is 0 Å². The molecule has 2 amide bonds. The molecule has 0 bridgehead atoms. The lowest BCUT2D eigenvalue weighted by Gasteiger charge is -2.15. The topological polar surface area (TPSA) is 103 Å². The highest BCUT2D eigenvalue weighted by Crippen LogP contribution is 2.23. The van der Waals surface area contributed by atoms with Crippen molar-refractivity contribution >= 4 is 29.3 Å². The lowest BCUT2D eigenvalue weighted by Crippen LogP contribution is -2.22. The molecule has 1 heterocycles. The summed E-state index contributed by atoms with van der Waals surface area (Å²) in [6.07, 6.45) is 1.48. The van der Waals surface area contributed by atoms with Crippen LogP contribution >= 0.6 is 11.8 Å². The molecule has 3 aromatic rings. The molecule has 31 heavy (non-hydrogen) atoms. The van der Waals surface area contributed by atoms with Crippen molar-refractivity contribution in [3.05, 3.63) is 88.1 Å². The van der Waals surface area contributed by atoms with Gasteiger partial charge in [0.05, 0.1) is 13.3 Å². The number of thioether (sulfide) groups is 1. The summed E-state index contributed by atoms with van der Waals surface area (Å²) in [5.74, 6) is -0.696. The molecule has 0 saturated heterocycles. The number of halogens is 1. The third-order valence-corrected chi connectivity index (χ3v) is 5.42. The molecule has 0 atom stereocenters. The number of carbonyl (C=O) groups is 2. The quantitative estimate of drug-likeness (QED) is 0.523. The van der Waals surface area contributed by atoms with Crippen molar-refractivity contribution in [2.75, 3.05) is 12.4 Å². The second kappa shape index (κ2) is 9.94. The van der Waals surface area contributed by atoms with Gasteiger partial charge in [-0.15, -0.1) is 11.8 Å². The number of pyridine rings is 1. The fraction of sp³-hybridized carbons (Fsp3) is 0.136. The van der Waals surface area contributed by atoms with Gasteiger partial charge in [-0.3, -0.25) is 14.4 Å². The number of hydrogen-bond acceptors (Lipinski definition) is 5. The van der Waals surface area contributed by atoms with Crippen molar-refractivity contribution in [1.29, 1.82) is 0 Å². The standard InChI is InChI=1S/C22H20FN3O4S/c1-30-20-11-26(12-21(28)25-16-6-2-14(3-7-16)22(24)29)17(10-19(20)27)13-31-18-8-4-15(23)5-9-18/h2-11H,12-13H2,1H3,(H2,24,29)(H,25,28). The minimum absolute atomic E-state index is 0.0620. The Morgan fingerprint density at radius 3 is 2.42 bits per heavy atom. The van der Waals surface area contributed by atoms with Crippen molar-refractivity contribution in [3.63, 3.8) is 0 Å². The summed E-state index contributed by atoms with van der Waals surface area (Å²) in [5, 5.41) is 2.74. The first-order chi connectivity index (χ1) is 14.9. The van der Waals surface area contributed by atoms with Gasteiger partial charge in [-0.05, 0) is 48.5 Å². The first-order valence-electron chi connectivity index (χ1n) is 9.21. The summed E-state index contributed by atoms with van der Waals surface area (Å²) >= 11 is 1.41. The van der Waals surface area contributed by atoms with Crippen LogP contribution < -0.4 is 21.2 Å². The third-order valence-electron chi connectivity index (χ3n) is 4.37. The van der Waals surface area contributed by atoms with E-state index in [2.05, 4.69) is 5.32 Å². The molecule has 1 aromatic heterocycles. The zero-order valence-electron chi connectivity index (χ0n) is 16.6. The number of benzene rings is 2. The maximum Gasteiger partial charge on any atom is 0.248 e. The highest BCUT2D eigenvalue weighted by molar-refractivity contribution is 7.98. The Bertz CT molecular complexity index is 1140. The number of primary amides is 1. The number of methoxy groups -OCH3 is 1. The van der Waals surface area contributed by atoms with Gasteiger partial charge in [0.25, 0.3) is 0 Å². The molecule has 2 aromatic carbocycles. The SMILES string of the molecule is COc1cn(CC(=O)Nc2ccc(C(N)=O)cc2)c(CSc2ccc(F)cc2)cc1=O. The Morgan fingerprint density at radius 1 is 1.13 bits per heavy atom. The van der Waals surface area contributed by atoms with Crippen LogP contribution in [0.5, 0.6) is 5.75 Å². The summed E-state index contributed by atoms with van der Waals surface area (Å²) in [6, 6.07) is 13.6. The Labute approximate surface area is 182 Å². The van der Waals surface area contributed by atoms with Crippen LogP contribution in [0.2, 0.25) is 0 Å². The van der Waals surface area contributed by atoms with E-state index in [4.69, 9.17) is 10.5 Å². The Kier molecular flexibility index (Phi) is 7.09. The Hall–Kier alpha value is -3.59. The molecule has 0 unspecified atom stereocenters. The van der Waals surface area contributed by atoms with Gasteiger partial charge in [-0.25, -0.2) is 4.39 Å². The molecule has 0 radical (unpaired) electrons. The van der Waals surface area contributed by atoms with E-state index in [-0.39, 0.29) is 29.4 Å². The summed E-state index contributed by atoms with van der Waals surface area (Å²) in [4.78, 5) is 36.7. The van der Waals surface area contributed by atoms with Crippen molar-refractivity contribution in [2.24, 2.45) is 5.73 Å². The number of nitrogens with one attached hydrogen (secondary N) is 1. The van der Waals surface area contributed by atoms with Crippen LogP contribution in [0.4, 0.5) is 10.1 Å². The summed E-state index contributed by atoms with van der Waals surface area (Å²) in [5.41, 5.74) is 6.37. The van der Waals surface area contributed by atoms with Crippen LogP contribution in [0.15, 0.2) is 70.5 Å². The number of carbonyl (C=O) groups excluding carboxylic acids is 2. The van der Waals surface area contributed by atoms with E-state index in [1.807, 2.05) is 0 Å². The van der Waals surface area contributed by atoms with Gasteiger partial charge in [-0.1, -0.05) is 0 Å². The zero-order chi connectivity index (χ0) is 22.4. The van der Waals surface area contributed by atoms with Gasteiger partial charge in [0.2, 0.25) is 17.2 Å². The van der Waals surface area contributed by atoms with E-state index < -0.39 is 5.91 Å². The normalized spacial score (nSPS) is 10.5. The smallest absolute Gasteiger partial charge is 0.248 e. The number of ether oxygens (including phenoxy) is 1. The lowest BCUT2D eigenvalue weighted by molar-refractivity contribution is -0.116. The molecule has 0 aliphatic rings. The van der Waals surface area contributed by atoms with Crippen molar-refractivity contribution < 1.29 is 18.7 Å². The monoisotopic (exact) mass is 441 g/mol. The highest BCUT2D eigenvalue weighted by atomic mass is 32.2. The average molecular weight is 441 g/mol. The lowest BCUT2D eigenvalue weighted by atomic mass is 10.2. The molecular weight excluding hydrogens is 421 g/mol. The Balaban J connectivity index is 1.76. The maximum absolute atomic E-state index is 13.1. The number of amides is 2. The van der Waals surface area contributed by atoms with Crippen molar-refractivity contribution in [2.45, 2.75) is 17.2 Å². The molecule has 3 rings (SSSR count). The van der Waals surface area contributed by atoms with Crippen molar-refractivity contribution in [3.8, 4) is 5.75 Å². The predicted molar refractivity (Wildman–Crippen MR) is 117 cm³/mol. The molecular formula is C22H20FN3O4S. The molecule has 160 valence electrons. The van der Waals surface area contributed by atoms with Gasteiger partial charge >= 0.3 is 0 Å². The van der Waals surface area contributed by atoms with E-state index >= 15 is 0 Å². The molecule has 0 aliphatic heterocycles. The predicted octanol–water partition coefficient (Wildman–Crippen LogP) is 3.03. The van der Waals surface area contributed by atoms with Crippen LogP contribution in [0.1, 0.15) is 16.1 Å². The average Bonchev–Trinajstić information content (AvgIpc) is 2.75.